The van der Waals surface area contributed by atoms with Gasteiger partial charge in [0.05, 0.1) is 17.6 Å². The second-order valence-electron chi connectivity index (χ2n) is 6.17. The van der Waals surface area contributed by atoms with Crippen molar-refractivity contribution in [2.75, 3.05) is 20.2 Å². The quantitative estimate of drug-likeness (QED) is 0.435. The molecule has 2 N–H and O–H groups in total. The fourth-order valence-corrected chi connectivity index (χ4v) is 4.25. The predicted molar refractivity (Wildman–Crippen MR) is 92.4 cm³/mol. The van der Waals surface area contributed by atoms with E-state index in [0.717, 1.165) is 38.2 Å². The third kappa shape index (κ3) is 5.76. The maximum Gasteiger partial charge on any atom is 0.339 e. The molecule has 1 aliphatic rings. The second kappa shape index (κ2) is 9.26. The van der Waals surface area contributed by atoms with Gasteiger partial charge >= 0.3 is 5.97 Å². The van der Waals surface area contributed by atoms with Crippen LogP contribution in [-0.4, -0.2) is 40.6 Å². The Hall–Kier alpha value is -1.51. The Balaban J connectivity index is 1.97. The molecular formula is C17H25FN2O4S. The zero-order chi connectivity index (χ0) is 18.3. The van der Waals surface area contributed by atoms with Gasteiger partial charge in [-0.05, 0) is 31.0 Å². The third-order valence-electron chi connectivity index (χ3n) is 4.34. The number of hydrogen-bond acceptors (Lipinski definition) is 5. The summed E-state index contributed by atoms with van der Waals surface area (Å²) in [7, 11) is -2.86. The van der Waals surface area contributed by atoms with E-state index in [0.29, 0.717) is 12.6 Å². The van der Waals surface area contributed by atoms with Gasteiger partial charge in [-0.2, -0.15) is 0 Å². The average molecular weight is 372 g/mol. The van der Waals surface area contributed by atoms with Crippen molar-refractivity contribution in [2.24, 2.45) is 0 Å². The number of sulfonamides is 1. The number of esters is 1. The summed E-state index contributed by atoms with van der Waals surface area (Å²) in [6, 6.07) is 3.37. The van der Waals surface area contributed by atoms with Crippen LogP contribution in [0.1, 0.15) is 48.9 Å². The van der Waals surface area contributed by atoms with Crippen molar-refractivity contribution in [3.8, 4) is 0 Å². The molecule has 0 heterocycles. The number of hydrogen-bond donors (Lipinski definition) is 2. The first-order valence-electron chi connectivity index (χ1n) is 8.55. The Kier molecular flexibility index (Phi) is 7.34. The van der Waals surface area contributed by atoms with Crippen molar-refractivity contribution in [3.05, 3.63) is 29.6 Å². The van der Waals surface area contributed by atoms with Crippen molar-refractivity contribution in [3.63, 3.8) is 0 Å². The Morgan fingerprint density at radius 1 is 1.20 bits per heavy atom. The van der Waals surface area contributed by atoms with Gasteiger partial charge in [0.25, 0.3) is 0 Å². The van der Waals surface area contributed by atoms with E-state index in [2.05, 4.69) is 14.8 Å². The molecule has 1 saturated carbocycles. The lowest BCUT2D eigenvalue weighted by Gasteiger charge is -2.16. The van der Waals surface area contributed by atoms with Gasteiger partial charge in [0.2, 0.25) is 10.0 Å². The summed E-state index contributed by atoms with van der Waals surface area (Å²) in [6.45, 7) is 0.642. The van der Waals surface area contributed by atoms with Crippen LogP contribution in [0.3, 0.4) is 0 Å². The standard InChI is InChI=1S/C17H25FN2O4S/c1-24-17(21)15-9-8-13(18)12-16(15)25(22,23)20-11-10-19-14-6-4-2-3-5-7-14/h8-9,12,14,19-20H,2-7,10-11H2,1H3. The number of rotatable bonds is 7. The molecule has 0 aliphatic heterocycles. The zero-order valence-corrected chi connectivity index (χ0v) is 15.2. The molecule has 0 amide bonds. The highest BCUT2D eigenvalue weighted by molar-refractivity contribution is 7.89. The zero-order valence-electron chi connectivity index (χ0n) is 14.4. The maximum absolute atomic E-state index is 13.5. The SMILES string of the molecule is COC(=O)c1ccc(F)cc1S(=O)(=O)NCCNC1CCCCCC1. The van der Waals surface area contributed by atoms with Crippen molar-refractivity contribution in [2.45, 2.75) is 49.5 Å². The number of ether oxygens (including phenoxy) is 1. The van der Waals surface area contributed by atoms with E-state index in [4.69, 9.17) is 0 Å². The van der Waals surface area contributed by atoms with Gasteiger partial charge in [0, 0.05) is 19.1 Å². The van der Waals surface area contributed by atoms with Crippen LogP contribution in [0.15, 0.2) is 23.1 Å². The van der Waals surface area contributed by atoms with Gasteiger partial charge in [0.15, 0.2) is 0 Å². The molecule has 2 rings (SSSR count). The first kappa shape index (κ1) is 19.8. The lowest BCUT2D eigenvalue weighted by molar-refractivity contribution is 0.0596. The molecule has 0 aromatic heterocycles. The smallest absolute Gasteiger partial charge is 0.339 e. The highest BCUT2D eigenvalue weighted by Crippen LogP contribution is 2.19. The van der Waals surface area contributed by atoms with Crippen LogP contribution in [0, 0.1) is 5.82 Å². The number of halogens is 1. The van der Waals surface area contributed by atoms with Crippen molar-refractivity contribution < 1.29 is 22.3 Å². The Morgan fingerprint density at radius 3 is 2.52 bits per heavy atom. The molecule has 6 nitrogen and oxygen atoms in total. The summed E-state index contributed by atoms with van der Waals surface area (Å²) in [5.41, 5.74) is -0.187. The van der Waals surface area contributed by atoms with Crippen LogP contribution in [0.2, 0.25) is 0 Å². The molecule has 0 spiro atoms. The fourth-order valence-electron chi connectivity index (χ4n) is 3.02. The van der Waals surface area contributed by atoms with E-state index >= 15 is 0 Å². The molecule has 140 valence electrons. The fraction of sp³-hybridized carbons (Fsp3) is 0.588. The molecule has 1 fully saturated rings. The number of methoxy groups -OCH3 is 1. The minimum Gasteiger partial charge on any atom is -0.465 e. The average Bonchev–Trinajstić information content (AvgIpc) is 2.87. The summed E-state index contributed by atoms with van der Waals surface area (Å²) in [5, 5.41) is 3.35. The van der Waals surface area contributed by atoms with Gasteiger partial charge < -0.3 is 10.1 Å². The molecule has 25 heavy (non-hydrogen) atoms. The molecule has 1 aliphatic carbocycles. The summed E-state index contributed by atoms with van der Waals surface area (Å²) in [5.74, 6) is -1.55. The lowest BCUT2D eigenvalue weighted by Crippen LogP contribution is -2.37. The van der Waals surface area contributed by atoms with Crippen LogP contribution in [-0.2, 0) is 14.8 Å². The molecular weight excluding hydrogens is 347 g/mol. The summed E-state index contributed by atoms with van der Waals surface area (Å²) in [6.07, 6.45) is 7.08. The van der Waals surface area contributed by atoms with Gasteiger partial charge in [-0.25, -0.2) is 22.3 Å². The van der Waals surface area contributed by atoms with Gasteiger partial charge in [-0.1, -0.05) is 25.7 Å². The lowest BCUT2D eigenvalue weighted by atomic mass is 10.1. The van der Waals surface area contributed by atoms with Crippen molar-refractivity contribution in [1.29, 1.82) is 0 Å². The number of carbonyl (C=O) groups excluding carboxylic acids is 1. The van der Waals surface area contributed by atoms with Crippen LogP contribution in [0.25, 0.3) is 0 Å². The van der Waals surface area contributed by atoms with E-state index in [9.17, 15) is 17.6 Å². The number of nitrogens with one attached hydrogen (secondary N) is 2. The van der Waals surface area contributed by atoms with Crippen molar-refractivity contribution in [1.82, 2.24) is 10.0 Å². The summed E-state index contributed by atoms with van der Waals surface area (Å²) in [4.78, 5) is 11.3. The Bertz CT molecular complexity index is 686. The number of benzene rings is 1. The molecule has 8 heteroatoms. The second-order valence-corrected chi connectivity index (χ2v) is 7.91. The molecule has 1 aromatic rings. The predicted octanol–water partition coefficient (Wildman–Crippen LogP) is 2.20. The molecule has 0 bridgehead atoms. The third-order valence-corrected chi connectivity index (χ3v) is 5.84. The largest absolute Gasteiger partial charge is 0.465 e. The monoisotopic (exact) mass is 372 g/mol. The first-order valence-corrected chi connectivity index (χ1v) is 10.0. The minimum absolute atomic E-state index is 0.163. The highest BCUT2D eigenvalue weighted by Gasteiger charge is 2.23. The normalized spacial score (nSPS) is 16.4. The topological polar surface area (TPSA) is 84.5 Å². The Labute approximate surface area is 148 Å². The number of carbonyl (C=O) groups is 1. The van der Waals surface area contributed by atoms with E-state index in [1.165, 1.54) is 25.7 Å². The molecule has 0 atom stereocenters. The molecule has 0 radical (unpaired) electrons. The van der Waals surface area contributed by atoms with Gasteiger partial charge in [0.1, 0.15) is 5.82 Å². The minimum atomic E-state index is -4.01. The van der Waals surface area contributed by atoms with E-state index in [-0.39, 0.29) is 12.1 Å². The maximum atomic E-state index is 13.5. The van der Waals surface area contributed by atoms with Crippen LogP contribution in [0.4, 0.5) is 4.39 Å². The van der Waals surface area contributed by atoms with E-state index in [1.54, 1.807) is 0 Å². The molecule has 0 saturated heterocycles. The summed E-state index contributed by atoms with van der Waals surface area (Å²) >= 11 is 0. The van der Waals surface area contributed by atoms with E-state index < -0.39 is 26.7 Å². The van der Waals surface area contributed by atoms with Crippen LogP contribution < -0.4 is 10.0 Å². The molecule has 0 unspecified atom stereocenters. The van der Waals surface area contributed by atoms with Gasteiger partial charge in [-0.3, -0.25) is 0 Å². The van der Waals surface area contributed by atoms with Crippen molar-refractivity contribution >= 4 is 16.0 Å². The molecule has 1 aromatic carbocycles. The highest BCUT2D eigenvalue weighted by atomic mass is 32.2. The van der Waals surface area contributed by atoms with Gasteiger partial charge in [-0.15, -0.1) is 0 Å². The van der Waals surface area contributed by atoms with Crippen LogP contribution in [0.5, 0.6) is 0 Å². The van der Waals surface area contributed by atoms with E-state index in [1.807, 2.05) is 0 Å². The summed E-state index contributed by atoms with van der Waals surface area (Å²) < 4.78 is 45.3. The Morgan fingerprint density at radius 2 is 1.88 bits per heavy atom. The first-order chi connectivity index (χ1) is 11.9. The van der Waals surface area contributed by atoms with Crippen LogP contribution >= 0.6 is 0 Å².